The predicted octanol–water partition coefficient (Wildman–Crippen LogP) is 2.93. The van der Waals surface area contributed by atoms with Crippen LogP contribution >= 0.6 is 23.8 Å². The molecule has 0 spiro atoms. The van der Waals surface area contributed by atoms with Gasteiger partial charge in [-0.3, -0.25) is 4.79 Å². The van der Waals surface area contributed by atoms with Gasteiger partial charge in [-0.05, 0) is 42.5 Å². The van der Waals surface area contributed by atoms with Crippen LogP contribution in [-0.4, -0.2) is 16.0 Å². The number of anilines is 1. The second kappa shape index (κ2) is 5.90. The van der Waals surface area contributed by atoms with Crippen LogP contribution < -0.4 is 11.1 Å². The number of carbonyl (C=O) groups is 1. The second-order valence-electron chi connectivity index (χ2n) is 4.06. The van der Waals surface area contributed by atoms with E-state index in [1.54, 1.807) is 24.3 Å². The van der Waals surface area contributed by atoms with Crippen molar-refractivity contribution in [2.45, 2.75) is 0 Å². The number of benzene rings is 2. The van der Waals surface area contributed by atoms with E-state index in [-0.39, 0.29) is 11.3 Å². The minimum atomic E-state index is -0.428. The number of phenols is 1. The standard InChI is InChI=1S/C14H11ClN2O2S/c15-9-3-6-11(12(18)7-9)14(19)17-10-4-1-8(2-5-10)13(16)20/h1-7,18H,(H2,16,20)(H,17,19). The summed E-state index contributed by atoms with van der Waals surface area (Å²) in [5, 5.41) is 12.7. The van der Waals surface area contributed by atoms with Crippen molar-refractivity contribution in [2.24, 2.45) is 5.73 Å². The SMILES string of the molecule is NC(=S)c1ccc(NC(=O)c2ccc(Cl)cc2O)cc1. The van der Waals surface area contributed by atoms with Gasteiger partial charge in [-0.2, -0.15) is 0 Å². The van der Waals surface area contributed by atoms with Crippen LogP contribution in [-0.2, 0) is 0 Å². The van der Waals surface area contributed by atoms with Crippen LogP contribution in [0.1, 0.15) is 15.9 Å². The summed E-state index contributed by atoms with van der Waals surface area (Å²) >= 11 is 10.6. The molecule has 2 aromatic carbocycles. The summed E-state index contributed by atoms with van der Waals surface area (Å²) in [6, 6.07) is 11.1. The molecular weight excluding hydrogens is 296 g/mol. The van der Waals surface area contributed by atoms with E-state index in [1.807, 2.05) is 0 Å². The number of nitrogens with one attached hydrogen (secondary N) is 1. The van der Waals surface area contributed by atoms with E-state index >= 15 is 0 Å². The molecule has 0 bridgehead atoms. The molecule has 0 fully saturated rings. The Morgan fingerprint density at radius 3 is 2.40 bits per heavy atom. The molecule has 0 atom stereocenters. The van der Waals surface area contributed by atoms with E-state index in [4.69, 9.17) is 29.6 Å². The summed E-state index contributed by atoms with van der Waals surface area (Å²) in [4.78, 5) is 12.3. The molecule has 20 heavy (non-hydrogen) atoms. The molecule has 1 amide bonds. The summed E-state index contributed by atoms with van der Waals surface area (Å²) in [6.07, 6.45) is 0. The van der Waals surface area contributed by atoms with Gasteiger partial charge in [-0.25, -0.2) is 0 Å². The number of amides is 1. The summed E-state index contributed by atoms with van der Waals surface area (Å²) < 4.78 is 0. The fourth-order valence-electron chi connectivity index (χ4n) is 1.61. The van der Waals surface area contributed by atoms with E-state index in [9.17, 15) is 9.90 Å². The van der Waals surface area contributed by atoms with Crippen molar-refractivity contribution in [2.75, 3.05) is 5.32 Å². The van der Waals surface area contributed by atoms with Gasteiger partial charge in [0.15, 0.2) is 0 Å². The highest BCUT2D eigenvalue weighted by molar-refractivity contribution is 7.80. The van der Waals surface area contributed by atoms with Gasteiger partial charge in [0.1, 0.15) is 10.7 Å². The lowest BCUT2D eigenvalue weighted by atomic mass is 10.1. The normalized spacial score (nSPS) is 10.1. The highest BCUT2D eigenvalue weighted by Gasteiger charge is 2.11. The van der Waals surface area contributed by atoms with Gasteiger partial charge in [-0.1, -0.05) is 23.8 Å². The molecule has 0 aliphatic heterocycles. The molecule has 4 N–H and O–H groups in total. The monoisotopic (exact) mass is 306 g/mol. The molecule has 6 heteroatoms. The number of thiocarbonyl (C=S) groups is 1. The van der Waals surface area contributed by atoms with E-state index in [0.29, 0.717) is 21.3 Å². The average Bonchev–Trinajstić information content (AvgIpc) is 2.39. The zero-order valence-corrected chi connectivity index (χ0v) is 11.8. The summed E-state index contributed by atoms with van der Waals surface area (Å²) in [6.45, 7) is 0. The molecular formula is C14H11ClN2O2S. The van der Waals surface area contributed by atoms with Crippen LogP contribution in [0, 0.1) is 0 Å². The number of hydrogen-bond donors (Lipinski definition) is 3. The Kier molecular flexibility index (Phi) is 4.22. The Bertz CT molecular complexity index is 671. The number of phenolic OH excluding ortho intramolecular Hbond substituents is 1. The maximum Gasteiger partial charge on any atom is 0.259 e. The van der Waals surface area contributed by atoms with Gasteiger partial charge in [0.05, 0.1) is 5.56 Å². The Hall–Kier alpha value is -2.11. The van der Waals surface area contributed by atoms with E-state index in [2.05, 4.69) is 5.32 Å². The van der Waals surface area contributed by atoms with Crippen molar-refractivity contribution in [1.82, 2.24) is 0 Å². The van der Waals surface area contributed by atoms with Gasteiger partial charge in [0, 0.05) is 16.3 Å². The maximum absolute atomic E-state index is 12.0. The number of aromatic hydroxyl groups is 1. The molecule has 2 rings (SSSR count). The molecule has 0 aromatic heterocycles. The Morgan fingerprint density at radius 2 is 1.85 bits per heavy atom. The Morgan fingerprint density at radius 1 is 1.20 bits per heavy atom. The van der Waals surface area contributed by atoms with Gasteiger partial charge in [0.25, 0.3) is 5.91 Å². The first-order valence-corrected chi connectivity index (χ1v) is 6.46. The van der Waals surface area contributed by atoms with Crippen LogP contribution in [0.4, 0.5) is 5.69 Å². The summed E-state index contributed by atoms with van der Waals surface area (Å²) in [5.74, 6) is -0.600. The lowest BCUT2D eigenvalue weighted by Crippen LogP contribution is -2.13. The fraction of sp³-hybridized carbons (Fsp3) is 0. The molecule has 4 nitrogen and oxygen atoms in total. The third-order valence-corrected chi connectivity index (χ3v) is 3.10. The number of hydrogen-bond acceptors (Lipinski definition) is 3. The Labute approximate surface area is 126 Å². The van der Waals surface area contributed by atoms with E-state index < -0.39 is 5.91 Å². The van der Waals surface area contributed by atoms with Crippen molar-refractivity contribution in [3.8, 4) is 5.75 Å². The van der Waals surface area contributed by atoms with Crippen molar-refractivity contribution in [3.63, 3.8) is 0 Å². The van der Waals surface area contributed by atoms with Crippen molar-refractivity contribution < 1.29 is 9.90 Å². The van der Waals surface area contributed by atoms with Crippen LogP contribution in [0.5, 0.6) is 5.75 Å². The minimum absolute atomic E-state index is 0.146. The van der Waals surface area contributed by atoms with Crippen LogP contribution in [0.3, 0.4) is 0 Å². The van der Waals surface area contributed by atoms with Gasteiger partial charge in [-0.15, -0.1) is 0 Å². The largest absolute Gasteiger partial charge is 0.507 e. The molecule has 0 saturated heterocycles. The molecule has 0 unspecified atom stereocenters. The number of carbonyl (C=O) groups excluding carboxylic acids is 1. The molecule has 102 valence electrons. The summed E-state index contributed by atoms with van der Waals surface area (Å²) in [5.41, 5.74) is 6.92. The van der Waals surface area contributed by atoms with Crippen molar-refractivity contribution in [3.05, 3.63) is 58.6 Å². The highest BCUT2D eigenvalue weighted by Crippen LogP contribution is 2.23. The van der Waals surface area contributed by atoms with Crippen molar-refractivity contribution >= 4 is 40.4 Å². The molecule has 0 aliphatic carbocycles. The first kappa shape index (κ1) is 14.3. The molecule has 2 aromatic rings. The van der Waals surface area contributed by atoms with Gasteiger partial charge in [0.2, 0.25) is 0 Å². The number of halogens is 1. The predicted molar refractivity (Wildman–Crippen MR) is 83.4 cm³/mol. The topological polar surface area (TPSA) is 75.3 Å². The highest BCUT2D eigenvalue weighted by atomic mass is 35.5. The van der Waals surface area contributed by atoms with Crippen molar-refractivity contribution in [1.29, 1.82) is 0 Å². The fourth-order valence-corrected chi connectivity index (χ4v) is 1.92. The maximum atomic E-state index is 12.0. The van der Waals surface area contributed by atoms with Crippen LogP contribution in [0.15, 0.2) is 42.5 Å². The third-order valence-electron chi connectivity index (χ3n) is 2.63. The quantitative estimate of drug-likeness (QED) is 0.762. The lowest BCUT2D eigenvalue weighted by molar-refractivity contribution is 0.102. The van der Waals surface area contributed by atoms with E-state index in [0.717, 1.165) is 0 Å². The molecule has 0 radical (unpaired) electrons. The molecule has 0 aliphatic rings. The first-order chi connectivity index (χ1) is 9.47. The minimum Gasteiger partial charge on any atom is -0.507 e. The van der Waals surface area contributed by atoms with E-state index in [1.165, 1.54) is 18.2 Å². The van der Waals surface area contributed by atoms with Gasteiger partial charge < -0.3 is 16.2 Å². The molecule has 0 saturated carbocycles. The van der Waals surface area contributed by atoms with Crippen LogP contribution in [0.2, 0.25) is 5.02 Å². The molecule has 0 heterocycles. The number of rotatable bonds is 3. The zero-order chi connectivity index (χ0) is 14.7. The third kappa shape index (κ3) is 3.26. The lowest BCUT2D eigenvalue weighted by Gasteiger charge is -2.07. The Balaban J connectivity index is 2.17. The zero-order valence-electron chi connectivity index (χ0n) is 10.3. The van der Waals surface area contributed by atoms with Crippen LogP contribution in [0.25, 0.3) is 0 Å². The number of nitrogens with two attached hydrogens (primary N) is 1. The summed E-state index contributed by atoms with van der Waals surface area (Å²) in [7, 11) is 0. The average molecular weight is 307 g/mol. The first-order valence-electron chi connectivity index (χ1n) is 5.67. The van der Waals surface area contributed by atoms with Gasteiger partial charge >= 0.3 is 0 Å². The smallest absolute Gasteiger partial charge is 0.259 e. The second-order valence-corrected chi connectivity index (χ2v) is 4.93.